The Kier molecular flexibility index (Phi) is 19.4. The normalized spacial score (nSPS) is 26.5. The number of hydrogen-bond acceptors (Lipinski definition) is 11. The van der Waals surface area contributed by atoms with Crippen LogP contribution in [0.2, 0.25) is 0 Å². The first kappa shape index (κ1) is 51.5. The predicted octanol–water partition coefficient (Wildman–Crippen LogP) is 7.37. The number of fused-ring (bicyclic) bond motifs is 2. The Morgan fingerprint density at radius 1 is 1.04 bits per heavy atom. The van der Waals surface area contributed by atoms with E-state index in [1.165, 1.54) is 33.8 Å². The highest BCUT2D eigenvalue weighted by Crippen LogP contribution is 2.57. The number of aliphatic hydroxyl groups excluding tert-OH is 1. The summed E-state index contributed by atoms with van der Waals surface area (Å²) in [5.41, 5.74) is -3.94. The fourth-order valence-corrected chi connectivity index (χ4v) is 6.90. The minimum absolute atomic E-state index is 0.0283. The summed E-state index contributed by atoms with van der Waals surface area (Å²) in [4.78, 5) is 43.6. The number of carboxylic acids is 1. The quantitative estimate of drug-likeness (QED) is 0.0860. The lowest BCUT2D eigenvalue weighted by Gasteiger charge is -2.53. The second kappa shape index (κ2) is 21.4. The van der Waals surface area contributed by atoms with Crippen LogP contribution in [0, 0.1) is 17.8 Å². The van der Waals surface area contributed by atoms with Crippen molar-refractivity contribution < 1.29 is 67.0 Å². The van der Waals surface area contributed by atoms with Crippen molar-refractivity contribution in [3.8, 4) is 0 Å². The van der Waals surface area contributed by atoms with Crippen LogP contribution in [0.3, 0.4) is 0 Å². The molecule has 2 aliphatic rings. The third-order valence-electron chi connectivity index (χ3n) is 9.48. The maximum Gasteiger partial charge on any atom is 0.347 e. The summed E-state index contributed by atoms with van der Waals surface area (Å²) < 4.78 is 58.3. The molecule has 3 N–H and O–H groups in total. The van der Waals surface area contributed by atoms with Crippen LogP contribution in [0.4, 0.5) is 8.78 Å². The number of carboxylic acid groups (broad SMARTS) is 1. The third-order valence-corrected chi connectivity index (χ3v) is 9.48. The smallest absolute Gasteiger partial charge is 0.347 e. The van der Waals surface area contributed by atoms with Gasteiger partial charge in [0, 0.05) is 31.8 Å². The van der Waals surface area contributed by atoms with E-state index in [0.29, 0.717) is 23.8 Å². The van der Waals surface area contributed by atoms with E-state index in [-0.39, 0.29) is 18.8 Å². The fraction of sp³-hybridized carbons (Fsp3) is 0.674. The van der Waals surface area contributed by atoms with Crippen LogP contribution in [-0.2, 0) is 49.3 Å². The maximum absolute atomic E-state index is 14.7. The highest BCUT2D eigenvalue weighted by molar-refractivity contribution is 5.83. The van der Waals surface area contributed by atoms with Crippen molar-refractivity contribution in [2.75, 3.05) is 0 Å². The van der Waals surface area contributed by atoms with Crippen LogP contribution in [0.1, 0.15) is 114 Å². The van der Waals surface area contributed by atoms with E-state index in [9.17, 15) is 33.4 Å². The highest BCUT2D eigenvalue weighted by Gasteiger charge is 2.79. The number of carbonyl (C=O) groups is 4. The van der Waals surface area contributed by atoms with Crippen molar-refractivity contribution in [2.24, 2.45) is 17.8 Å². The lowest BCUT2D eigenvalue weighted by atomic mass is 9.84. The number of alkyl halides is 2. The van der Waals surface area contributed by atoms with Gasteiger partial charge in [-0.25, -0.2) is 18.4 Å². The van der Waals surface area contributed by atoms with Gasteiger partial charge in [0.2, 0.25) is 11.4 Å². The topological polar surface area (TPSA) is 175 Å². The molecule has 12 nitrogen and oxygen atoms in total. The monoisotopic (exact) mass is 812 g/mol. The van der Waals surface area contributed by atoms with Gasteiger partial charge in [0.25, 0.3) is 6.43 Å². The number of aliphatic hydroxyl groups is 2. The van der Waals surface area contributed by atoms with E-state index >= 15 is 0 Å². The number of rotatable bonds is 16. The summed E-state index contributed by atoms with van der Waals surface area (Å²) in [6, 6.07) is 9.60. The molecule has 2 saturated heterocycles. The van der Waals surface area contributed by atoms with Gasteiger partial charge in [-0.2, -0.15) is 0 Å². The Morgan fingerprint density at radius 3 is 2.09 bits per heavy atom. The molecule has 2 fully saturated rings. The molecule has 0 radical (unpaired) electrons. The fourth-order valence-electron chi connectivity index (χ4n) is 6.90. The van der Waals surface area contributed by atoms with Crippen molar-refractivity contribution in [3.63, 3.8) is 0 Å². The van der Waals surface area contributed by atoms with E-state index in [1.807, 2.05) is 51.0 Å². The van der Waals surface area contributed by atoms with Gasteiger partial charge in [0.05, 0.1) is 5.60 Å². The van der Waals surface area contributed by atoms with Crippen LogP contribution in [0.15, 0.2) is 54.6 Å². The Bertz CT molecular complexity index is 1490. The Balaban J connectivity index is 0.000000991. The summed E-state index contributed by atoms with van der Waals surface area (Å²) in [5, 5.41) is 31.5. The molecule has 324 valence electrons. The van der Waals surface area contributed by atoms with Gasteiger partial charge < -0.3 is 43.8 Å². The molecule has 0 spiro atoms. The zero-order valence-corrected chi connectivity index (χ0v) is 35.5. The maximum atomic E-state index is 14.7. The van der Waals surface area contributed by atoms with Crippen molar-refractivity contribution in [1.29, 1.82) is 0 Å². The number of allylic oxidation sites excluding steroid dienone is 1. The van der Waals surface area contributed by atoms with Gasteiger partial charge in [-0.15, -0.1) is 0 Å². The molecule has 9 atom stereocenters. The SMILES string of the molecule is C=C(CCC12OC(C(F)F)C(O)(C(=O)OC(C)(C)C)C(OC(C)(C)C)(C[C@H]1O)O2)[C@@H](OC(C)=O)[C@H](C)Cc1ccccc1.C=O.CC[C@H](C)C[C@H](C)/C=C/C(=O)O. The molecule has 0 saturated carbocycles. The minimum Gasteiger partial charge on any atom is -0.478 e. The van der Waals surface area contributed by atoms with E-state index in [4.69, 9.17) is 33.6 Å². The first-order chi connectivity index (χ1) is 26.2. The average Bonchev–Trinajstić information content (AvgIpc) is 3.34. The molecule has 2 aliphatic heterocycles. The molecule has 57 heavy (non-hydrogen) atoms. The summed E-state index contributed by atoms with van der Waals surface area (Å²) in [5.74, 6) is -6.50. The van der Waals surface area contributed by atoms with Crippen molar-refractivity contribution in [3.05, 3.63) is 60.2 Å². The molecular weight excluding hydrogens is 746 g/mol. The molecule has 3 rings (SSSR count). The van der Waals surface area contributed by atoms with E-state index in [1.54, 1.807) is 26.8 Å². The summed E-state index contributed by atoms with van der Waals surface area (Å²) in [6.07, 6.45) is -3.16. The molecule has 2 bridgehead atoms. The van der Waals surface area contributed by atoms with E-state index < -0.39 is 77.4 Å². The summed E-state index contributed by atoms with van der Waals surface area (Å²) in [6.45, 7) is 25.0. The van der Waals surface area contributed by atoms with Crippen LogP contribution in [-0.4, -0.2) is 93.1 Å². The minimum atomic E-state index is -3.39. The third kappa shape index (κ3) is 14.6. The van der Waals surface area contributed by atoms with Crippen LogP contribution in [0.25, 0.3) is 0 Å². The highest BCUT2D eigenvalue weighted by atomic mass is 19.3. The average molecular weight is 813 g/mol. The lowest BCUT2D eigenvalue weighted by Crippen LogP contribution is -2.75. The van der Waals surface area contributed by atoms with Crippen LogP contribution in [0.5, 0.6) is 0 Å². The van der Waals surface area contributed by atoms with Gasteiger partial charge in [-0.1, -0.05) is 77.1 Å². The number of carbonyl (C=O) groups excluding carboxylic acids is 3. The number of hydrogen-bond donors (Lipinski definition) is 3. The number of benzene rings is 1. The van der Waals surface area contributed by atoms with Crippen molar-refractivity contribution in [1.82, 2.24) is 0 Å². The number of esters is 2. The molecule has 1 aromatic carbocycles. The zero-order chi connectivity index (χ0) is 44.2. The predicted molar refractivity (Wildman–Crippen MR) is 210 cm³/mol. The van der Waals surface area contributed by atoms with E-state index in [2.05, 4.69) is 20.4 Å². The largest absolute Gasteiger partial charge is 0.478 e. The van der Waals surface area contributed by atoms with Gasteiger partial charge in [0.1, 0.15) is 24.6 Å². The number of halogens is 2. The molecule has 14 heteroatoms. The molecule has 0 aromatic heterocycles. The van der Waals surface area contributed by atoms with Gasteiger partial charge in [0.15, 0.2) is 11.9 Å². The Hall–Kier alpha value is -3.56. The molecular formula is C43H66F2O12. The molecule has 4 unspecified atom stereocenters. The number of ether oxygens (including phenoxy) is 5. The van der Waals surface area contributed by atoms with Gasteiger partial charge >= 0.3 is 17.9 Å². The van der Waals surface area contributed by atoms with Crippen molar-refractivity contribution >= 4 is 24.7 Å². The first-order valence-electron chi connectivity index (χ1n) is 19.3. The van der Waals surface area contributed by atoms with Crippen LogP contribution >= 0.6 is 0 Å². The molecule has 2 heterocycles. The van der Waals surface area contributed by atoms with Gasteiger partial charge in [-0.05, 0) is 83.8 Å². The second-order valence-corrected chi connectivity index (χ2v) is 17.0. The molecule has 0 amide bonds. The van der Waals surface area contributed by atoms with Crippen molar-refractivity contribution in [2.45, 2.75) is 168 Å². The summed E-state index contributed by atoms with van der Waals surface area (Å²) in [7, 11) is 0. The number of aliphatic carboxylic acids is 1. The zero-order valence-electron chi connectivity index (χ0n) is 35.5. The van der Waals surface area contributed by atoms with Gasteiger partial charge in [-0.3, -0.25) is 4.79 Å². The Morgan fingerprint density at radius 2 is 1.61 bits per heavy atom. The lowest BCUT2D eigenvalue weighted by molar-refractivity contribution is -0.458. The Labute approximate surface area is 336 Å². The van der Waals surface area contributed by atoms with Crippen LogP contribution < -0.4 is 0 Å². The molecule has 0 aliphatic carbocycles. The molecule has 1 aromatic rings. The second-order valence-electron chi connectivity index (χ2n) is 17.0. The summed E-state index contributed by atoms with van der Waals surface area (Å²) >= 11 is 0. The first-order valence-corrected chi connectivity index (χ1v) is 19.3. The van der Waals surface area contributed by atoms with E-state index in [0.717, 1.165) is 18.4 Å². The standard InChI is InChI=1S/C32H46F2O9.C10H18O2.CH2O/c1-19(24(39-21(3)35)20(2)17-22-13-11-10-12-14-22)15-16-30-23(36)18-31(43-30,42-29(7,8)9)32(38,25(40-30)26(33)34)27(37)41-28(4,5)6;1-4-8(2)7-9(3)5-6-10(11)12;1-2/h10-14,20,23-26,36,38H,1,15-18H2,2-9H3;5-6,8-9H,4,7H2,1-3H3,(H,11,12);1H2/b;6-5+;/t20-,23-,24-,25?,30?,31?,32?;8-,9+;/m10./s1.